The van der Waals surface area contributed by atoms with Gasteiger partial charge in [-0.05, 0) is 132 Å². The van der Waals surface area contributed by atoms with Crippen LogP contribution in [0.15, 0.2) is 145 Å². The molecule has 5 rings (SSSR count). The van der Waals surface area contributed by atoms with Crippen LogP contribution in [0, 0.1) is 5.92 Å². The summed E-state index contributed by atoms with van der Waals surface area (Å²) in [4.78, 5) is 2.53. The first-order valence-electron chi connectivity index (χ1n) is 21.0. The highest BCUT2D eigenvalue weighted by Crippen LogP contribution is 2.41. The zero-order valence-corrected chi connectivity index (χ0v) is 34.2. The van der Waals surface area contributed by atoms with Crippen LogP contribution >= 0.6 is 0 Å². The quantitative estimate of drug-likeness (QED) is 0.0984. The minimum Gasteiger partial charge on any atom is -0.337 e. The van der Waals surface area contributed by atoms with Gasteiger partial charge in [0.2, 0.25) is 0 Å². The second-order valence-electron chi connectivity index (χ2n) is 15.2. The molecular formula is C53H65N. The number of nitrogens with zero attached hydrogens (tertiary/aromatic N) is 1. The van der Waals surface area contributed by atoms with E-state index in [4.69, 9.17) is 6.58 Å². The molecule has 0 saturated carbocycles. The molecule has 0 amide bonds. The minimum atomic E-state index is 0.548. The third-order valence-corrected chi connectivity index (χ3v) is 11.3. The van der Waals surface area contributed by atoms with Crippen molar-refractivity contribution in [1.29, 1.82) is 0 Å². The van der Waals surface area contributed by atoms with Crippen LogP contribution in [0.4, 0.5) is 11.4 Å². The van der Waals surface area contributed by atoms with Crippen molar-refractivity contribution >= 4 is 28.1 Å². The summed E-state index contributed by atoms with van der Waals surface area (Å²) in [7, 11) is 0. The number of hydrogen-bond acceptors (Lipinski definition) is 1. The van der Waals surface area contributed by atoms with Crippen LogP contribution in [0.5, 0.6) is 0 Å². The first-order chi connectivity index (χ1) is 26.4. The summed E-state index contributed by atoms with van der Waals surface area (Å²) in [5.74, 6) is 1.12. The normalized spacial score (nSPS) is 15.6. The van der Waals surface area contributed by atoms with Crippen molar-refractivity contribution in [2.45, 2.75) is 112 Å². The molecule has 4 aromatic rings. The largest absolute Gasteiger partial charge is 0.337 e. The molecule has 54 heavy (non-hydrogen) atoms. The summed E-state index contributed by atoms with van der Waals surface area (Å²) >= 11 is 0. The van der Waals surface area contributed by atoms with Crippen LogP contribution < -0.4 is 4.90 Å². The van der Waals surface area contributed by atoms with Crippen molar-refractivity contribution in [3.8, 4) is 0 Å². The van der Waals surface area contributed by atoms with E-state index in [-0.39, 0.29) is 0 Å². The number of fused-ring (bicyclic) bond motifs is 1. The van der Waals surface area contributed by atoms with Gasteiger partial charge in [-0.2, -0.15) is 0 Å². The van der Waals surface area contributed by atoms with E-state index in [0.29, 0.717) is 11.8 Å². The molecule has 1 heteroatoms. The first kappa shape index (κ1) is 40.6. The summed E-state index contributed by atoms with van der Waals surface area (Å²) in [6.45, 7) is 19.5. The molecule has 4 aromatic carbocycles. The van der Waals surface area contributed by atoms with Crippen molar-refractivity contribution in [3.05, 3.63) is 173 Å². The second-order valence-corrected chi connectivity index (χ2v) is 15.2. The van der Waals surface area contributed by atoms with Gasteiger partial charge in [0.15, 0.2) is 0 Å². The lowest BCUT2D eigenvalue weighted by atomic mass is 9.86. The Kier molecular flexibility index (Phi) is 15.6. The van der Waals surface area contributed by atoms with Crippen LogP contribution in [0.3, 0.4) is 0 Å². The molecule has 1 aliphatic rings. The molecule has 0 spiro atoms. The molecular weight excluding hydrogens is 651 g/mol. The molecule has 282 valence electrons. The maximum absolute atomic E-state index is 4.80. The number of allylic oxidation sites excluding steroid dienone is 8. The Morgan fingerprint density at radius 3 is 1.98 bits per heavy atom. The minimum absolute atomic E-state index is 0.548. The number of hydrogen-bond donors (Lipinski definition) is 0. The van der Waals surface area contributed by atoms with E-state index in [9.17, 15) is 0 Å². The lowest BCUT2D eigenvalue weighted by Gasteiger charge is -2.28. The Morgan fingerprint density at radius 2 is 1.33 bits per heavy atom. The van der Waals surface area contributed by atoms with Crippen LogP contribution in [-0.4, -0.2) is 6.54 Å². The van der Waals surface area contributed by atoms with E-state index in [1.54, 1.807) is 0 Å². The average Bonchev–Trinajstić information content (AvgIpc) is 3.27. The molecule has 0 saturated heterocycles. The Bertz CT molecular complexity index is 1910. The van der Waals surface area contributed by atoms with E-state index < -0.39 is 0 Å². The summed E-state index contributed by atoms with van der Waals surface area (Å²) in [5.41, 5.74) is 15.6. The lowest BCUT2D eigenvalue weighted by Crippen LogP contribution is -2.19. The molecule has 0 bridgehead atoms. The number of rotatable bonds is 17. The third kappa shape index (κ3) is 10.3. The first-order valence-corrected chi connectivity index (χ1v) is 21.0. The highest BCUT2D eigenvalue weighted by molar-refractivity contribution is 5.91. The van der Waals surface area contributed by atoms with E-state index in [0.717, 1.165) is 25.0 Å². The van der Waals surface area contributed by atoms with Crippen LogP contribution in [0.25, 0.3) is 16.7 Å². The standard InChI is InChI=1S/C53H65N/c1-8-21-44(22-9-2)46-30-20-36-54(53-35-33-47(39-52(53)40(6)37-46)45(23-10-3)24-11-4)49-31-19-29-48(38-49)51(34-32-42-25-15-13-16-26-42)50(12-5)41(7)43-27-17-14-18-28-43/h13-20,25-31,33-35,37-39,44-45H,6,8-12,21-24,32,36H2,1-5,7H3/b30-20-,46-37+,50-41+,51-34-. The monoisotopic (exact) mass is 716 g/mol. The average molecular weight is 716 g/mol. The molecule has 1 nitrogen and oxygen atoms in total. The summed E-state index contributed by atoms with van der Waals surface area (Å²) in [6, 6.07) is 38.3. The van der Waals surface area contributed by atoms with Gasteiger partial charge in [0.05, 0.1) is 0 Å². The van der Waals surface area contributed by atoms with Crippen molar-refractivity contribution in [2.24, 2.45) is 5.92 Å². The summed E-state index contributed by atoms with van der Waals surface area (Å²) in [5, 5.41) is 0. The Hall–Kier alpha value is -4.62. The van der Waals surface area contributed by atoms with Gasteiger partial charge in [-0.15, -0.1) is 0 Å². The lowest BCUT2D eigenvalue weighted by molar-refractivity contribution is 0.512. The van der Waals surface area contributed by atoms with E-state index in [1.807, 2.05) is 0 Å². The van der Waals surface area contributed by atoms with Crippen molar-refractivity contribution in [1.82, 2.24) is 0 Å². The van der Waals surface area contributed by atoms with Crippen LogP contribution in [0.2, 0.25) is 0 Å². The summed E-state index contributed by atoms with van der Waals surface area (Å²) < 4.78 is 0. The van der Waals surface area contributed by atoms with Gasteiger partial charge in [-0.1, -0.05) is 170 Å². The predicted octanol–water partition coefficient (Wildman–Crippen LogP) is 15.7. The number of benzene rings is 4. The van der Waals surface area contributed by atoms with Gasteiger partial charge in [0.25, 0.3) is 0 Å². The van der Waals surface area contributed by atoms with Gasteiger partial charge < -0.3 is 4.90 Å². The molecule has 0 radical (unpaired) electrons. The second kappa shape index (κ2) is 20.7. The highest BCUT2D eigenvalue weighted by atomic mass is 15.1. The highest BCUT2D eigenvalue weighted by Gasteiger charge is 2.22. The molecule has 0 aromatic heterocycles. The van der Waals surface area contributed by atoms with Crippen molar-refractivity contribution in [3.63, 3.8) is 0 Å². The fourth-order valence-electron chi connectivity index (χ4n) is 8.48. The maximum atomic E-state index is 4.80. The summed E-state index contributed by atoms with van der Waals surface area (Å²) in [6.07, 6.45) is 21.1. The number of anilines is 2. The SMILES string of the molecule is C=C1/C=C(C(CCC)CCC)\C=C/CN(c2cccc(C(=C/Cc3ccccc3)/C(CC)=C(\C)c3ccccc3)c2)c2ccc(C(CCC)CCC)cc21. The van der Waals surface area contributed by atoms with E-state index in [2.05, 4.69) is 174 Å². The zero-order valence-electron chi connectivity index (χ0n) is 34.2. The zero-order chi connectivity index (χ0) is 38.3. The van der Waals surface area contributed by atoms with Gasteiger partial charge in [-0.25, -0.2) is 0 Å². The molecule has 0 aliphatic carbocycles. The van der Waals surface area contributed by atoms with Gasteiger partial charge in [-0.3, -0.25) is 0 Å². The predicted molar refractivity (Wildman–Crippen MR) is 239 cm³/mol. The molecule has 1 aliphatic heterocycles. The van der Waals surface area contributed by atoms with Crippen molar-refractivity contribution in [2.75, 3.05) is 11.4 Å². The Morgan fingerprint density at radius 1 is 0.704 bits per heavy atom. The molecule has 1 heterocycles. The van der Waals surface area contributed by atoms with E-state index >= 15 is 0 Å². The molecule has 0 fully saturated rings. The van der Waals surface area contributed by atoms with Crippen LogP contribution in [0.1, 0.15) is 133 Å². The molecule has 0 atom stereocenters. The smallest absolute Gasteiger partial charge is 0.0493 e. The Balaban J connectivity index is 1.67. The third-order valence-electron chi connectivity index (χ3n) is 11.3. The van der Waals surface area contributed by atoms with Gasteiger partial charge >= 0.3 is 0 Å². The van der Waals surface area contributed by atoms with Crippen molar-refractivity contribution < 1.29 is 0 Å². The van der Waals surface area contributed by atoms with E-state index in [1.165, 1.54) is 113 Å². The van der Waals surface area contributed by atoms with Crippen LogP contribution in [-0.2, 0) is 6.42 Å². The van der Waals surface area contributed by atoms with Gasteiger partial charge in [0, 0.05) is 23.5 Å². The molecule has 0 N–H and O–H groups in total. The fraction of sp³-hybridized carbons (Fsp3) is 0.358. The topological polar surface area (TPSA) is 3.24 Å². The fourth-order valence-corrected chi connectivity index (χ4v) is 8.48. The van der Waals surface area contributed by atoms with Gasteiger partial charge in [0.1, 0.15) is 0 Å². The Labute approximate surface area is 328 Å². The molecule has 0 unspecified atom stereocenters. The maximum Gasteiger partial charge on any atom is 0.0493 e.